The van der Waals surface area contributed by atoms with Gasteiger partial charge in [0, 0.05) is 22.9 Å². The zero-order valence-corrected chi connectivity index (χ0v) is 30.6. The van der Waals surface area contributed by atoms with Crippen molar-refractivity contribution in [3.63, 3.8) is 0 Å². The van der Waals surface area contributed by atoms with E-state index in [0.717, 1.165) is 57.8 Å². The molecule has 2 aliphatic carbocycles. The lowest BCUT2D eigenvalue weighted by atomic mass is 9.90. The summed E-state index contributed by atoms with van der Waals surface area (Å²) in [5.74, 6) is 0.209. The minimum atomic E-state index is -4.95. The van der Waals surface area contributed by atoms with E-state index in [1.54, 1.807) is 32.9 Å². The molecule has 2 aliphatic rings. The van der Waals surface area contributed by atoms with Crippen LogP contribution in [-0.2, 0) is 26.5 Å². The Hall–Kier alpha value is -4.43. The van der Waals surface area contributed by atoms with E-state index in [1.807, 2.05) is 0 Å². The lowest BCUT2D eigenvalue weighted by Crippen LogP contribution is -2.16. The minimum Gasteiger partial charge on any atom is -0.489 e. The molecule has 4 aromatic rings. The van der Waals surface area contributed by atoms with Gasteiger partial charge in [-0.3, -0.25) is 4.55 Å². The lowest BCUT2D eigenvalue weighted by Gasteiger charge is -2.22. The van der Waals surface area contributed by atoms with Gasteiger partial charge in [-0.05, 0) is 70.4 Å². The van der Waals surface area contributed by atoms with Crippen molar-refractivity contribution in [3.8, 4) is 23.0 Å². The third-order valence-electron chi connectivity index (χ3n) is 9.67. The van der Waals surface area contributed by atoms with Crippen LogP contribution in [0.2, 0.25) is 0 Å². The monoisotopic (exact) mass is 742 g/mol. The number of rotatable bonds is 15. The van der Waals surface area contributed by atoms with Crippen molar-refractivity contribution in [2.45, 2.75) is 91.6 Å². The van der Waals surface area contributed by atoms with Gasteiger partial charge in [-0.25, -0.2) is 9.59 Å². The van der Waals surface area contributed by atoms with E-state index in [9.17, 15) is 22.6 Å². The van der Waals surface area contributed by atoms with Crippen LogP contribution in [0.3, 0.4) is 0 Å². The summed E-state index contributed by atoms with van der Waals surface area (Å²) < 4.78 is 79.7. The van der Waals surface area contributed by atoms with Crippen LogP contribution >= 0.6 is 0 Å². The Kier molecular flexibility index (Phi) is 11.8. The molecule has 282 valence electrons. The van der Waals surface area contributed by atoms with Gasteiger partial charge in [0.15, 0.2) is 28.8 Å². The van der Waals surface area contributed by atoms with Crippen LogP contribution in [0.1, 0.15) is 110 Å². The Morgan fingerprint density at radius 1 is 0.692 bits per heavy atom. The molecule has 0 amide bonds. The quantitative estimate of drug-likeness (QED) is 0.0909. The second kappa shape index (κ2) is 16.5. The van der Waals surface area contributed by atoms with Gasteiger partial charge in [0.1, 0.15) is 34.7 Å². The van der Waals surface area contributed by atoms with Gasteiger partial charge in [-0.15, -0.1) is 0 Å². The molecule has 2 fully saturated rings. The van der Waals surface area contributed by atoms with Gasteiger partial charge in [-0.1, -0.05) is 38.5 Å². The molecule has 0 atom stereocenters. The predicted octanol–water partition coefficient (Wildman–Crippen LogP) is 8.52. The van der Waals surface area contributed by atoms with Gasteiger partial charge in [0.05, 0.1) is 26.4 Å². The molecule has 1 N–H and O–H groups in total. The molecule has 6 rings (SSSR count). The largest absolute Gasteiger partial charge is 0.489 e. The van der Waals surface area contributed by atoms with E-state index < -0.39 is 22.3 Å². The lowest BCUT2D eigenvalue weighted by molar-refractivity contribution is 0.0514. The number of aryl methyl sites for hydroxylation is 1. The molecular weight excluding hydrogens is 696 g/mol. The third kappa shape index (κ3) is 8.77. The number of hydrogen-bond acceptors (Lipinski definition) is 12. The van der Waals surface area contributed by atoms with Crippen LogP contribution in [-0.4, -0.2) is 51.3 Å². The highest BCUT2D eigenvalue weighted by atomic mass is 32.3. The Balaban J connectivity index is 1.37. The Labute approximate surface area is 302 Å². The van der Waals surface area contributed by atoms with Crippen molar-refractivity contribution >= 4 is 44.3 Å². The van der Waals surface area contributed by atoms with E-state index in [-0.39, 0.29) is 70.8 Å². The van der Waals surface area contributed by atoms with Crippen LogP contribution in [0.5, 0.6) is 23.0 Å². The highest BCUT2D eigenvalue weighted by Gasteiger charge is 2.28. The first-order valence-electron chi connectivity index (χ1n) is 18.1. The summed E-state index contributed by atoms with van der Waals surface area (Å²) in [6.07, 6.45) is 10.9. The fourth-order valence-corrected chi connectivity index (χ4v) is 7.51. The van der Waals surface area contributed by atoms with Crippen LogP contribution < -0.4 is 18.4 Å². The Morgan fingerprint density at radius 3 is 1.73 bits per heavy atom. The smallest absolute Gasteiger partial charge is 0.446 e. The van der Waals surface area contributed by atoms with Crippen LogP contribution in [0, 0.1) is 18.8 Å². The highest BCUT2D eigenvalue weighted by molar-refractivity contribution is 7.81. The number of esters is 2. The van der Waals surface area contributed by atoms with Crippen LogP contribution in [0.15, 0.2) is 33.1 Å². The topological polar surface area (TPSA) is 170 Å². The second-order valence-electron chi connectivity index (χ2n) is 13.4. The number of carbonyl (C=O) groups is 2. The molecule has 14 heteroatoms. The molecule has 0 radical (unpaired) electrons. The third-order valence-corrected chi connectivity index (χ3v) is 10.1. The van der Waals surface area contributed by atoms with E-state index in [0.29, 0.717) is 41.6 Å². The Bertz CT molecular complexity index is 2000. The summed E-state index contributed by atoms with van der Waals surface area (Å²) in [7, 11) is -4.95. The van der Waals surface area contributed by atoms with Gasteiger partial charge in [-0.2, -0.15) is 8.42 Å². The number of carbonyl (C=O) groups excluding carboxylic acids is 2. The summed E-state index contributed by atoms with van der Waals surface area (Å²) in [5, 5.41) is 0.637. The van der Waals surface area contributed by atoms with Gasteiger partial charge in [0.2, 0.25) is 0 Å². The van der Waals surface area contributed by atoms with Crippen molar-refractivity contribution in [1.29, 1.82) is 0 Å². The average molecular weight is 743 g/mol. The normalized spacial score (nSPS) is 15.8. The van der Waals surface area contributed by atoms with Crippen molar-refractivity contribution in [3.05, 3.63) is 46.9 Å². The minimum absolute atomic E-state index is 0.0204. The molecule has 0 bridgehead atoms. The fourth-order valence-electron chi connectivity index (χ4n) is 7.15. The van der Waals surface area contributed by atoms with E-state index in [2.05, 4.69) is 0 Å². The summed E-state index contributed by atoms with van der Waals surface area (Å²) in [6.45, 7) is 5.78. The molecule has 2 saturated carbocycles. The summed E-state index contributed by atoms with van der Waals surface area (Å²) in [5.41, 5.74) is 0.855. The average Bonchev–Trinajstić information content (AvgIpc) is 3.64. The molecule has 2 aromatic heterocycles. The van der Waals surface area contributed by atoms with Gasteiger partial charge in [0.25, 0.3) is 0 Å². The number of fused-ring (bicyclic) bond motifs is 2. The number of benzene rings is 2. The zero-order valence-electron chi connectivity index (χ0n) is 29.8. The van der Waals surface area contributed by atoms with E-state index in [1.165, 1.54) is 18.6 Å². The summed E-state index contributed by atoms with van der Waals surface area (Å²) in [6, 6.07) is 6.03. The molecule has 0 aliphatic heterocycles. The maximum absolute atomic E-state index is 13.4. The molecule has 13 nitrogen and oxygen atoms in total. The molecule has 0 spiro atoms. The first-order chi connectivity index (χ1) is 25.0. The maximum Gasteiger partial charge on any atom is 0.446 e. The molecule has 0 unspecified atom stereocenters. The molecule has 2 heterocycles. The Morgan fingerprint density at radius 2 is 1.17 bits per heavy atom. The summed E-state index contributed by atoms with van der Waals surface area (Å²) in [4.78, 5) is 26.3. The summed E-state index contributed by atoms with van der Waals surface area (Å²) >= 11 is 0. The second-order valence-corrected chi connectivity index (χ2v) is 14.4. The first-order valence-corrected chi connectivity index (χ1v) is 19.5. The van der Waals surface area contributed by atoms with Crippen molar-refractivity contribution in [1.82, 2.24) is 0 Å². The van der Waals surface area contributed by atoms with E-state index in [4.69, 9.17) is 36.7 Å². The highest BCUT2D eigenvalue weighted by Crippen LogP contribution is 2.41. The number of furan rings is 2. The van der Waals surface area contributed by atoms with Gasteiger partial charge >= 0.3 is 22.3 Å². The SMILES string of the molecule is CCOC(=O)c1c(C)oc2cc(OCC3CCCCC3)c(OCc3oc4cc(OCC5CCCCC5)c(OS(=O)(=O)O)cc4c3C(=O)OCC)cc12. The fraction of sp³-hybridized carbons (Fsp3) is 0.526. The van der Waals surface area contributed by atoms with Crippen LogP contribution in [0.4, 0.5) is 0 Å². The molecule has 52 heavy (non-hydrogen) atoms. The molecule has 2 aromatic carbocycles. The standard InChI is InChI=1S/C38H46O13S/c1-4-44-37(39)35-23(3)49-28-18-31(46-20-24-12-8-6-9-13-24)30(16-26(28)35)48-22-34-36(38(40)45-5-2)27-17-33(51-52(41,42)43)32(19-29(27)50-34)47-21-25-14-10-7-11-15-25/h16-19,24-25H,4-15,20-22H2,1-3H3,(H,41,42,43). The van der Waals surface area contributed by atoms with Crippen molar-refractivity contribution in [2.24, 2.45) is 11.8 Å². The van der Waals surface area contributed by atoms with Gasteiger partial charge < -0.3 is 36.7 Å². The van der Waals surface area contributed by atoms with E-state index >= 15 is 0 Å². The van der Waals surface area contributed by atoms with Crippen molar-refractivity contribution < 1.29 is 59.3 Å². The number of hydrogen-bond donors (Lipinski definition) is 1. The van der Waals surface area contributed by atoms with Crippen molar-refractivity contribution in [2.75, 3.05) is 26.4 Å². The number of ether oxygens (including phenoxy) is 5. The predicted molar refractivity (Wildman–Crippen MR) is 190 cm³/mol. The van der Waals surface area contributed by atoms with Crippen LogP contribution in [0.25, 0.3) is 21.9 Å². The first kappa shape index (κ1) is 37.3. The molecular formula is C38H46O13S. The zero-order chi connectivity index (χ0) is 36.8. The maximum atomic E-state index is 13.4. The molecule has 0 saturated heterocycles.